The lowest BCUT2D eigenvalue weighted by Gasteiger charge is -2.11. The van der Waals surface area contributed by atoms with E-state index in [2.05, 4.69) is 4.99 Å². The summed E-state index contributed by atoms with van der Waals surface area (Å²) in [5.74, 6) is -0.988. The normalized spacial score (nSPS) is 12.7. The number of nitrogens with zero attached hydrogens (tertiary/aromatic N) is 1. The van der Waals surface area contributed by atoms with Crippen LogP contribution in [0.5, 0.6) is 5.75 Å². The maximum Gasteiger partial charge on any atom is 0.254 e. The lowest BCUT2D eigenvalue weighted by atomic mass is 10.1. The minimum Gasteiger partial charge on any atom is -0.508 e. The predicted molar refractivity (Wildman–Crippen MR) is 95.9 cm³/mol. The van der Waals surface area contributed by atoms with Gasteiger partial charge in [0.1, 0.15) is 17.2 Å². The van der Waals surface area contributed by atoms with Gasteiger partial charge in [0, 0.05) is 5.56 Å². The molecular formula is C17H17ClN4O2. The Kier molecular flexibility index (Phi) is 5.11. The summed E-state index contributed by atoms with van der Waals surface area (Å²) >= 11 is 6.09. The number of hydrogen-bond acceptors (Lipinski definition) is 4. The highest BCUT2D eigenvalue weighted by Gasteiger charge is 2.18. The summed E-state index contributed by atoms with van der Waals surface area (Å²) in [6.07, 6.45) is 0. The van der Waals surface area contributed by atoms with Gasteiger partial charge in [0.05, 0.1) is 16.4 Å². The van der Waals surface area contributed by atoms with Gasteiger partial charge >= 0.3 is 0 Å². The first-order valence-electron chi connectivity index (χ1n) is 7.00. The number of primary amides is 1. The summed E-state index contributed by atoms with van der Waals surface area (Å²) in [7, 11) is 0. The van der Waals surface area contributed by atoms with Gasteiger partial charge in [0.15, 0.2) is 0 Å². The van der Waals surface area contributed by atoms with E-state index in [4.69, 9.17) is 28.8 Å². The molecule has 2 rings (SSSR count). The Morgan fingerprint density at radius 1 is 1.08 bits per heavy atom. The lowest BCUT2D eigenvalue weighted by Crippen LogP contribution is -2.29. The van der Waals surface area contributed by atoms with Crippen LogP contribution in [0.2, 0.25) is 5.02 Å². The molecule has 0 spiro atoms. The molecule has 2 aromatic carbocycles. The molecule has 24 heavy (non-hydrogen) atoms. The topological polar surface area (TPSA) is 128 Å². The van der Waals surface area contributed by atoms with Crippen molar-refractivity contribution in [2.75, 3.05) is 0 Å². The third kappa shape index (κ3) is 3.49. The second kappa shape index (κ2) is 7.06. The van der Waals surface area contributed by atoms with E-state index in [0.717, 1.165) is 0 Å². The van der Waals surface area contributed by atoms with Gasteiger partial charge in [0.25, 0.3) is 5.91 Å². The molecule has 0 aromatic heterocycles. The van der Waals surface area contributed by atoms with Crippen molar-refractivity contribution in [2.45, 2.75) is 6.92 Å². The molecule has 6 nitrogen and oxygen atoms in total. The highest BCUT2D eigenvalue weighted by molar-refractivity contribution is 6.33. The summed E-state index contributed by atoms with van der Waals surface area (Å²) in [6, 6.07) is 11.7. The largest absolute Gasteiger partial charge is 0.508 e. The molecule has 0 atom stereocenters. The summed E-state index contributed by atoms with van der Waals surface area (Å²) < 4.78 is 0. The molecule has 0 fully saturated rings. The van der Waals surface area contributed by atoms with Crippen molar-refractivity contribution >= 4 is 34.7 Å². The molecule has 1 amide bonds. The minimum absolute atomic E-state index is 0.00610. The van der Waals surface area contributed by atoms with Crippen molar-refractivity contribution in [3.63, 3.8) is 0 Å². The summed E-state index contributed by atoms with van der Waals surface area (Å²) in [5, 5.41) is 10.0. The second-order valence-electron chi connectivity index (χ2n) is 5.06. The number of aliphatic imine (C=N–C) groups is 1. The van der Waals surface area contributed by atoms with Crippen LogP contribution in [0.25, 0.3) is 5.70 Å². The maximum absolute atomic E-state index is 11.8. The van der Waals surface area contributed by atoms with Gasteiger partial charge in [-0.15, -0.1) is 0 Å². The number of nitrogens with two attached hydrogens (primary N) is 3. The van der Waals surface area contributed by atoms with Crippen LogP contribution in [0.4, 0.5) is 5.69 Å². The molecule has 0 aliphatic rings. The Hall–Kier alpha value is -2.99. The van der Waals surface area contributed by atoms with Crippen molar-refractivity contribution in [1.29, 1.82) is 0 Å². The van der Waals surface area contributed by atoms with E-state index in [1.54, 1.807) is 31.2 Å². The minimum atomic E-state index is -0.813. The molecular weight excluding hydrogens is 328 g/mol. The maximum atomic E-state index is 11.8. The number of phenolic OH excluding ortho intramolecular Hbond substituents is 1. The number of phenols is 1. The zero-order valence-electron chi connectivity index (χ0n) is 13.0. The van der Waals surface area contributed by atoms with Gasteiger partial charge in [-0.2, -0.15) is 0 Å². The van der Waals surface area contributed by atoms with Gasteiger partial charge in [-0.25, -0.2) is 4.99 Å². The van der Waals surface area contributed by atoms with Gasteiger partial charge in [-0.05, 0) is 24.6 Å². The van der Waals surface area contributed by atoms with E-state index < -0.39 is 5.91 Å². The fourth-order valence-electron chi connectivity index (χ4n) is 2.13. The van der Waals surface area contributed by atoms with Gasteiger partial charge in [-0.1, -0.05) is 41.9 Å². The molecule has 0 unspecified atom stereocenters. The number of aromatic hydroxyl groups is 1. The van der Waals surface area contributed by atoms with Crippen LogP contribution in [0, 0.1) is 6.92 Å². The Bertz CT molecular complexity index is 845. The van der Waals surface area contributed by atoms with Gasteiger partial charge in [-0.3, -0.25) is 4.79 Å². The average Bonchev–Trinajstić information content (AvgIpc) is 2.55. The number of carbonyl (C=O) groups excluding carboxylic acids is 1. The van der Waals surface area contributed by atoms with Gasteiger partial charge < -0.3 is 22.3 Å². The number of amides is 1. The van der Waals surface area contributed by atoms with Gasteiger partial charge in [0.2, 0.25) is 0 Å². The van der Waals surface area contributed by atoms with E-state index in [1.165, 1.54) is 12.1 Å². The number of hydrogen-bond donors (Lipinski definition) is 4. The number of benzene rings is 2. The monoisotopic (exact) mass is 344 g/mol. The van der Waals surface area contributed by atoms with Crippen LogP contribution in [0.1, 0.15) is 11.1 Å². The molecule has 2 aromatic rings. The summed E-state index contributed by atoms with van der Waals surface area (Å²) in [6.45, 7) is 1.63. The quantitative estimate of drug-likeness (QED) is 0.385. The molecule has 124 valence electrons. The molecule has 0 aliphatic carbocycles. The first-order chi connectivity index (χ1) is 11.3. The first kappa shape index (κ1) is 17.4. The summed E-state index contributed by atoms with van der Waals surface area (Å²) in [4.78, 5) is 16.0. The Labute approximate surface area is 144 Å². The zero-order chi connectivity index (χ0) is 17.9. The third-order valence-electron chi connectivity index (χ3n) is 3.44. The number of rotatable bonds is 4. The third-order valence-corrected chi connectivity index (χ3v) is 3.75. The average molecular weight is 345 g/mol. The SMILES string of the molecule is Cc1c(O)ccc(Cl)c1N=C(N)/C(C(N)=O)=C(\N)c1ccccc1. The van der Waals surface area contributed by atoms with Crippen molar-refractivity contribution in [2.24, 2.45) is 22.2 Å². The molecule has 7 N–H and O–H groups in total. The highest BCUT2D eigenvalue weighted by atomic mass is 35.5. The van der Waals surface area contributed by atoms with Crippen molar-refractivity contribution in [3.8, 4) is 5.75 Å². The Morgan fingerprint density at radius 3 is 2.29 bits per heavy atom. The molecule has 0 bridgehead atoms. The van der Waals surface area contributed by atoms with Crippen LogP contribution in [-0.4, -0.2) is 16.8 Å². The molecule has 0 saturated carbocycles. The van der Waals surface area contributed by atoms with Crippen LogP contribution < -0.4 is 17.2 Å². The molecule has 0 saturated heterocycles. The van der Waals surface area contributed by atoms with Crippen LogP contribution >= 0.6 is 11.6 Å². The van der Waals surface area contributed by atoms with Crippen LogP contribution in [0.3, 0.4) is 0 Å². The number of halogens is 1. The fourth-order valence-corrected chi connectivity index (χ4v) is 2.38. The lowest BCUT2D eigenvalue weighted by molar-refractivity contribution is -0.114. The molecule has 0 radical (unpaired) electrons. The predicted octanol–water partition coefficient (Wildman–Crippen LogP) is 2.20. The van der Waals surface area contributed by atoms with Crippen molar-refractivity contribution in [3.05, 3.63) is 64.2 Å². The highest BCUT2D eigenvalue weighted by Crippen LogP contribution is 2.34. The fraction of sp³-hybridized carbons (Fsp3) is 0.0588. The van der Waals surface area contributed by atoms with Crippen molar-refractivity contribution < 1.29 is 9.90 Å². The van der Waals surface area contributed by atoms with E-state index in [-0.39, 0.29) is 33.6 Å². The van der Waals surface area contributed by atoms with Crippen LogP contribution in [0.15, 0.2) is 53.0 Å². The first-order valence-corrected chi connectivity index (χ1v) is 7.38. The standard InChI is InChI=1S/C17H17ClN4O2/c1-9-12(23)8-7-11(18)15(9)22-16(20)13(17(21)24)14(19)10-5-3-2-4-6-10/h2-8,23H,19H2,1H3,(H2,20,22)(H2,21,24)/b14-13+. The van der Waals surface area contributed by atoms with E-state index in [1.807, 2.05) is 6.07 Å². The number of carbonyl (C=O) groups is 1. The van der Waals surface area contributed by atoms with E-state index in [0.29, 0.717) is 11.1 Å². The smallest absolute Gasteiger partial charge is 0.254 e. The van der Waals surface area contributed by atoms with E-state index in [9.17, 15) is 9.90 Å². The Balaban J connectivity index is 2.62. The zero-order valence-corrected chi connectivity index (χ0v) is 13.7. The van der Waals surface area contributed by atoms with E-state index >= 15 is 0 Å². The van der Waals surface area contributed by atoms with Crippen LogP contribution in [-0.2, 0) is 4.79 Å². The van der Waals surface area contributed by atoms with Crippen molar-refractivity contribution in [1.82, 2.24) is 0 Å². The molecule has 7 heteroatoms. The Morgan fingerprint density at radius 2 is 1.71 bits per heavy atom. The number of amidine groups is 1. The second-order valence-corrected chi connectivity index (χ2v) is 5.46. The molecule has 0 aliphatic heterocycles. The molecule has 0 heterocycles. The summed E-state index contributed by atoms with van der Waals surface area (Å²) in [5.41, 5.74) is 18.7.